The maximum Gasteiger partial charge on any atom is 0.363 e. The molecule has 2 aromatic rings. The van der Waals surface area contributed by atoms with E-state index in [1.54, 1.807) is 36.4 Å². The van der Waals surface area contributed by atoms with Gasteiger partial charge in [0.2, 0.25) is 0 Å². The van der Waals surface area contributed by atoms with E-state index in [0.29, 0.717) is 10.6 Å². The molecule has 0 aromatic heterocycles. The SMILES string of the molecule is O=C(ON1C(=O)c2ccccc2C1=O)c1ccc(CC2CCC2)cc1. The molecule has 126 valence electrons. The van der Waals surface area contributed by atoms with Crippen LogP contribution in [0.2, 0.25) is 0 Å². The van der Waals surface area contributed by atoms with Crippen molar-refractivity contribution in [3.05, 3.63) is 70.8 Å². The van der Waals surface area contributed by atoms with Crippen LogP contribution in [0.4, 0.5) is 0 Å². The van der Waals surface area contributed by atoms with Crippen molar-refractivity contribution >= 4 is 17.8 Å². The van der Waals surface area contributed by atoms with Crippen molar-refractivity contribution in [2.24, 2.45) is 5.92 Å². The molecule has 0 N–H and O–H groups in total. The number of amides is 2. The van der Waals surface area contributed by atoms with Crippen LogP contribution in [0.5, 0.6) is 0 Å². The Kier molecular flexibility index (Phi) is 3.84. The molecule has 2 aliphatic rings. The smallest absolute Gasteiger partial charge is 0.324 e. The third-order valence-electron chi connectivity index (χ3n) is 4.87. The molecule has 0 saturated heterocycles. The largest absolute Gasteiger partial charge is 0.363 e. The summed E-state index contributed by atoms with van der Waals surface area (Å²) in [7, 11) is 0. The van der Waals surface area contributed by atoms with Crippen LogP contribution in [-0.4, -0.2) is 22.8 Å². The van der Waals surface area contributed by atoms with E-state index in [4.69, 9.17) is 4.84 Å². The fourth-order valence-corrected chi connectivity index (χ4v) is 3.19. The number of hydrogen-bond acceptors (Lipinski definition) is 4. The van der Waals surface area contributed by atoms with Crippen LogP contribution < -0.4 is 0 Å². The zero-order valence-electron chi connectivity index (χ0n) is 13.6. The number of carbonyl (C=O) groups is 3. The Hall–Kier alpha value is -2.95. The summed E-state index contributed by atoms with van der Waals surface area (Å²) < 4.78 is 0. The molecule has 2 aromatic carbocycles. The molecule has 0 radical (unpaired) electrons. The Balaban J connectivity index is 1.45. The highest BCUT2D eigenvalue weighted by molar-refractivity contribution is 6.21. The molecule has 1 saturated carbocycles. The van der Waals surface area contributed by atoms with Gasteiger partial charge in [0.1, 0.15) is 0 Å². The number of hydroxylamine groups is 2. The molecular weight excluding hydrogens is 318 g/mol. The van der Waals surface area contributed by atoms with Gasteiger partial charge < -0.3 is 4.84 Å². The number of hydrogen-bond donors (Lipinski definition) is 0. The molecule has 1 heterocycles. The average molecular weight is 335 g/mol. The van der Waals surface area contributed by atoms with E-state index in [2.05, 4.69) is 0 Å². The summed E-state index contributed by atoms with van der Waals surface area (Å²) in [6.07, 6.45) is 4.86. The normalized spacial score (nSPS) is 16.6. The summed E-state index contributed by atoms with van der Waals surface area (Å²) in [6, 6.07) is 13.6. The first-order valence-electron chi connectivity index (χ1n) is 8.42. The Bertz CT molecular complexity index is 817. The molecule has 2 amide bonds. The second-order valence-corrected chi connectivity index (χ2v) is 6.53. The number of benzene rings is 2. The molecule has 1 aliphatic heterocycles. The minimum atomic E-state index is -0.718. The van der Waals surface area contributed by atoms with Crippen molar-refractivity contribution in [2.45, 2.75) is 25.7 Å². The first-order chi connectivity index (χ1) is 12.1. The predicted octanol–water partition coefficient (Wildman–Crippen LogP) is 3.40. The second-order valence-electron chi connectivity index (χ2n) is 6.53. The average Bonchev–Trinajstić information content (AvgIpc) is 2.84. The molecule has 1 aliphatic carbocycles. The standard InChI is InChI=1S/C20H17NO4/c22-18-16-6-1-2-7-17(16)19(23)21(18)25-20(24)15-10-8-14(9-11-15)12-13-4-3-5-13/h1-2,6-11,13H,3-5,12H2. The first kappa shape index (κ1) is 15.6. The molecule has 0 atom stereocenters. The van der Waals surface area contributed by atoms with Crippen LogP contribution in [0.3, 0.4) is 0 Å². The fraction of sp³-hybridized carbons (Fsp3) is 0.250. The van der Waals surface area contributed by atoms with Crippen molar-refractivity contribution in [1.82, 2.24) is 5.06 Å². The van der Waals surface area contributed by atoms with Crippen molar-refractivity contribution < 1.29 is 19.2 Å². The first-order valence-corrected chi connectivity index (χ1v) is 8.42. The lowest BCUT2D eigenvalue weighted by Crippen LogP contribution is -2.32. The fourth-order valence-electron chi connectivity index (χ4n) is 3.19. The Morgan fingerprint density at radius 1 is 0.960 bits per heavy atom. The third-order valence-corrected chi connectivity index (χ3v) is 4.87. The van der Waals surface area contributed by atoms with Crippen LogP contribution in [0.25, 0.3) is 0 Å². The lowest BCUT2D eigenvalue weighted by Gasteiger charge is -2.25. The summed E-state index contributed by atoms with van der Waals surface area (Å²) in [6.45, 7) is 0. The highest BCUT2D eigenvalue weighted by Gasteiger charge is 2.38. The van der Waals surface area contributed by atoms with E-state index in [0.717, 1.165) is 12.3 Å². The van der Waals surface area contributed by atoms with Crippen molar-refractivity contribution in [2.75, 3.05) is 0 Å². The topological polar surface area (TPSA) is 63.7 Å². The second kappa shape index (κ2) is 6.16. The van der Waals surface area contributed by atoms with Gasteiger partial charge in [-0.2, -0.15) is 0 Å². The zero-order chi connectivity index (χ0) is 17.4. The van der Waals surface area contributed by atoms with Gasteiger partial charge in [-0.3, -0.25) is 9.59 Å². The van der Waals surface area contributed by atoms with Gasteiger partial charge in [0.15, 0.2) is 0 Å². The maximum absolute atomic E-state index is 12.3. The van der Waals surface area contributed by atoms with Gasteiger partial charge in [-0.1, -0.05) is 48.6 Å². The van der Waals surface area contributed by atoms with Crippen LogP contribution in [-0.2, 0) is 11.3 Å². The number of carbonyl (C=O) groups excluding carboxylic acids is 3. The van der Waals surface area contributed by atoms with Gasteiger partial charge >= 0.3 is 5.97 Å². The van der Waals surface area contributed by atoms with Gasteiger partial charge in [0, 0.05) is 0 Å². The van der Waals surface area contributed by atoms with Gasteiger partial charge in [-0.25, -0.2) is 4.79 Å². The summed E-state index contributed by atoms with van der Waals surface area (Å²) in [5.74, 6) is -1.20. The summed E-state index contributed by atoms with van der Waals surface area (Å²) >= 11 is 0. The number of nitrogens with zero attached hydrogens (tertiary/aromatic N) is 1. The van der Waals surface area contributed by atoms with Gasteiger partial charge in [-0.15, -0.1) is 0 Å². The number of fused-ring (bicyclic) bond motifs is 1. The molecular formula is C20H17NO4. The summed E-state index contributed by atoms with van der Waals surface area (Å²) in [5, 5.41) is 0.537. The van der Waals surface area contributed by atoms with Crippen LogP contribution in [0, 0.1) is 5.92 Å². The van der Waals surface area contributed by atoms with Gasteiger partial charge in [0.05, 0.1) is 16.7 Å². The van der Waals surface area contributed by atoms with Crippen LogP contribution >= 0.6 is 0 Å². The van der Waals surface area contributed by atoms with E-state index >= 15 is 0 Å². The van der Waals surface area contributed by atoms with Crippen molar-refractivity contribution in [3.63, 3.8) is 0 Å². The summed E-state index contributed by atoms with van der Waals surface area (Å²) in [4.78, 5) is 41.8. The lowest BCUT2D eigenvalue weighted by atomic mass is 9.81. The lowest BCUT2D eigenvalue weighted by molar-refractivity contribution is -0.0584. The molecule has 25 heavy (non-hydrogen) atoms. The van der Waals surface area contributed by atoms with Crippen LogP contribution in [0.1, 0.15) is 55.9 Å². The van der Waals surface area contributed by atoms with Gasteiger partial charge in [0.25, 0.3) is 11.8 Å². The number of rotatable bonds is 4. The summed E-state index contributed by atoms with van der Waals surface area (Å²) in [5.41, 5.74) is 1.99. The van der Waals surface area contributed by atoms with Crippen molar-refractivity contribution in [1.29, 1.82) is 0 Å². The van der Waals surface area contributed by atoms with Crippen LogP contribution in [0.15, 0.2) is 48.5 Å². The highest BCUT2D eigenvalue weighted by atomic mass is 16.7. The number of imide groups is 1. The quantitative estimate of drug-likeness (QED) is 0.803. The molecule has 5 nitrogen and oxygen atoms in total. The molecule has 1 fully saturated rings. The van der Waals surface area contributed by atoms with E-state index in [1.807, 2.05) is 12.1 Å². The Morgan fingerprint density at radius 2 is 1.56 bits per heavy atom. The van der Waals surface area contributed by atoms with Gasteiger partial charge in [-0.05, 0) is 42.2 Å². The maximum atomic E-state index is 12.3. The third kappa shape index (κ3) is 2.82. The highest BCUT2D eigenvalue weighted by Crippen LogP contribution is 2.30. The molecule has 0 spiro atoms. The van der Waals surface area contributed by atoms with E-state index < -0.39 is 17.8 Å². The molecule has 0 unspecified atom stereocenters. The van der Waals surface area contributed by atoms with E-state index in [1.165, 1.54) is 24.8 Å². The monoisotopic (exact) mass is 335 g/mol. The molecule has 0 bridgehead atoms. The zero-order valence-corrected chi connectivity index (χ0v) is 13.6. The van der Waals surface area contributed by atoms with E-state index in [-0.39, 0.29) is 11.1 Å². The Labute approximate surface area is 145 Å². The van der Waals surface area contributed by atoms with Crippen molar-refractivity contribution in [3.8, 4) is 0 Å². The molecule has 5 heteroatoms. The molecule has 4 rings (SSSR count). The minimum absolute atomic E-state index is 0.246. The Morgan fingerprint density at radius 3 is 2.08 bits per heavy atom. The minimum Gasteiger partial charge on any atom is -0.324 e. The predicted molar refractivity (Wildman–Crippen MR) is 89.8 cm³/mol. The van der Waals surface area contributed by atoms with E-state index in [9.17, 15) is 14.4 Å².